The van der Waals surface area contributed by atoms with Crippen molar-refractivity contribution in [1.29, 1.82) is 0 Å². The Hall–Kier alpha value is -0.0600. The van der Waals surface area contributed by atoms with Crippen LogP contribution >= 0.6 is 31.9 Å². The Balaban J connectivity index is 2.02. The normalized spacial score (nSPS) is 15.2. The van der Waals surface area contributed by atoms with Gasteiger partial charge in [0.2, 0.25) is 0 Å². The highest BCUT2D eigenvalue weighted by molar-refractivity contribution is 9.11. The van der Waals surface area contributed by atoms with Crippen molar-refractivity contribution in [3.63, 3.8) is 0 Å². The Kier molecular flexibility index (Phi) is 5.10. The van der Waals surface area contributed by atoms with Crippen molar-refractivity contribution in [2.75, 3.05) is 6.61 Å². The van der Waals surface area contributed by atoms with Crippen molar-refractivity contribution in [1.82, 2.24) is 5.32 Å². The summed E-state index contributed by atoms with van der Waals surface area (Å²) >= 11 is 7.19. The van der Waals surface area contributed by atoms with Gasteiger partial charge in [0, 0.05) is 12.6 Å². The summed E-state index contributed by atoms with van der Waals surface area (Å²) in [6, 6.07) is 4.75. The third kappa shape index (κ3) is 4.25. The topological polar surface area (TPSA) is 21.3 Å². The van der Waals surface area contributed by atoms with Crippen LogP contribution in [0.15, 0.2) is 21.1 Å². The SMILES string of the molecule is CC(C)NCc1cc(Br)c(OCC2CC2)c(Br)c1. The van der Waals surface area contributed by atoms with E-state index in [1.807, 2.05) is 0 Å². The van der Waals surface area contributed by atoms with Crippen LogP contribution < -0.4 is 10.1 Å². The number of hydrogen-bond acceptors (Lipinski definition) is 2. The average Bonchev–Trinajstić information content (AvgIpc) is 3.09. The number of hydrogen-bond donors (Lipinski definition) is 1. The van der Waals surface area contributed by atoms with Crippen LogP contribution in [0.25, 0.3) is 0 Å². The zero-order chi connectivity index (χ0) is 13.1. The van der Waals surface area contributed by atoms with Gasteiger partial charge in [0.15, 0.2) is 0 Å². The molecule has 0 spiro atoms. The first-order valence-corrected chi connectivity index (χ1v) is 7.99. The lowest BCUT2D eigenvalue weighted by Crippen LogP contribution is -2.21. The monoisotopic (exact) mass is 375 g/mol. The molecule has 0 aromatic heterocycles. The number of nitrogens with one attached hydrogen (secondary N) is 1. The Morgan fingerprint density at radius 3 is 2.39 bits per heavy atom. The summed E-state index contributed by atoms with van der Waals surface area (Å²) in [5.74, 6) is 1.70. The fourth-order valence-electron chi connectivity index (χ4n) is 1.66. The Morgan fingerprint density at radius 2 is 1.89 bits per heavy atom. The van der Waals surface area contributed by atoms with Gasteiger partial charge in [-0.15, -0.1) is 0 Å². The molecule has 0 radical (unpaired) electrons. The van der Waals surface area contributed by atoms with E-state index >= 15 is 0 Å². The summed E-state index contributed by atoms with van der Waals surface area (Å²) in [6.45, 7) is 6.01. The summed E-state index contributed by atoms with van der Waals surface area (Å²) in [6.07, 6.45) is 2.62. The zero-order valence-electron chi connectivity index (χ0n) is 10.8. The lowest BCUT2D eigenvalue weighted by Gasteiger charge is -2.13. The molecule has 1 aromatic carbocycles. The molecule has 18 heavy (non-hydrogen) atoms. The molecule has 0 aliphatic heterocycles. The van der Waals surface area contributed by atoms with Crippen LogP contribution in [0.4, 0.5) is 0 Å². The second kappa shape index (κ2) is 6.40. The van der Waals surface area contributed by atoms with Crippen molar-refractivity contribution in [3.05, 3.63) is 26.6 Å². The quantitative estimate of drug-likeness (QED) is 0.789. The molecule has 0 bridgehead atoms. The summed E-state index contributed by atoms with van der Waals surface area (Å²) in [5, 5.41) is 3.41. The fraction of sp³-hybridized carbons (Fsp3) is 0.571. The van der Waals surface area contributed by atoms with Gasteiger partial charge in [0.05, 0.1) is 15.6 Å². The molecule has 0 saturated heterocycles. The smallest absolute Gasteiger partial charge is 0.147 e. The summed E-state index contributed by atoms with van der Waals surface area (Å²) in [7, 11) is 0. The van der Waals surface area contributed by atoms with E-state index in [9.17, 15) is 0 Å². The lowest BCUT2D eigenvalue weighted by molar-refractivity contribution is 0.296. The van der Waals surface area contributed by atoms with Gasteiger partial charge in [0.25, 0.3) is 0 Å². The van der Waals surface area contributed by atoms with Gasteiger partial charge >= 0.3 is 0 Å². The molecule has 1 aromatic rings. The van der Waals surface area contributed by atoms with Crippen LogP contribution in [0.5, 0.6) is 5.75 Å². The van der Waals surface area contributed by atoms with Crippen LogP contribution in [0, 0.1) is 5.92 Å². The molecule has 0 heterocycles. The highest BCUT2D eigenvalue weighted by Crippen LogP contribution is 2.37. The molecule has 1 fully saturated rings. The maximum Gasteiger partial charge on any atom is 0.147 e. The molecular weight excluding hydrogens is 358 g/mol. The number of halogens is 2. The molecule has 1 aliphatic rings. The zero-order valence-corrected chi connectivity index (χ0v) is 14.0. The highest BCUT2D eigenvalue weighted by atomic mass is 79.9. The third-order valence-electron chi connectivity index (χ3n) is 2.93. The van der Waals surface area contributed by atoms with Gasteiger partial charge in [-0.25, -0.2) is 0 Å². The van der Waals surface area contributed by atoms with Crippen LogP contribution in [-0.4, -0.2) is 12.6 Å². The van der Waals surface area contributed by atoms with Gasteiger partial charge in [0.1, 0.15) is 5.75 Å². The maximum atomic E-state index is 5.86. The molecular formula is C14H19Br2NO. The first kappa shape index (κ1) is 14.4. The van der Waals surface area contributed by atoms with Crippen molar-refractivity contribution in [2.24, 2.45) is 5.92 Å². The van der Waals surface area contributed by atoms with Crippen LogP contribution in [0.3, 0.4) is 0 Å². The van der Waals surface area contributed by atoms with E-state index in [2.05, 4.69) is 63.2 Å². The summed E-state index contributed by atoms with van der Waals surface area (Å²) < 4.78 is 7.91. The maximum absolute atomic E-state index is 5.86. The molecule has 0 amide bonds. The molecule has 0 atom stereocenters. The van der Waals surface area contributed by atoms with E-state index < -0.39 is 0 Å². The standard InChI is InChI=1S/C14H19Br2NO/c1-9(2)17-7-11-5-12(15)14(13(16)6-11)18-8-10-3-4-10/h5-6,9-10,17H,3-4,7-8H2,1-2H3. The minimum atomic E-state index is 0.494. The molecule has 2 nitrogen and oxygen atoms in total. The largest absolute Gasteiger partial charge is 0.491 e. The number of rotatable bonds is 6. The molecule has 1 aliphatic carbocycles. The van der Waals surface area contributed by atoms with Gasteiger partial charge < -0.3 is 10.1 Å². The Morgan fingerprint density at radius 1 is 1.28 bits per heavy atom. The van der Waals surface area contributed by atoms with E-state index in [4.69, 9.17) is 4.74 Å². The number of benzene rings is 1. The van der Waals surface area contributed by atoms with Crippen molar-refractivity contribution in [2.45, 2.75) is 39.3 Å². The molecule has 100 valence electrons. The fourth-order valence-corrected chi connectivity index (χ4v) is 3.17. The van der Waals surface area contributed by atoms with Gasteiger partial charge in [-0.1, -0.05) is 13.8 Å². The molecule has 1 N–H and O–H groups in total. The summed E-state index contributed by atoms with van der Waals surface area (Å²) in [5.41, 5.74) is 1.25. The predicted octanol–water partition coefficient (Wildman–Crippen LogP) is 4.50. The Bertz CT molecular complexity index is 393. The second-order valence-corrected chi connectivity index (χ2v) is 6.89. The lowest BCUT2D eigenvalue weighted by atomic mass is 10.2. The van der Waals surface area contributed by atoms with Crippen molar-refractivity contribution >= 4 is 31.9 Å². The van der Waals surface area contributed by atoms with Gasteiger partial charge in [-0.2, -0.15) is 0 Å². The molecule has 0 unspecified atom stereocenters. The van der Waals surface area contributed by atoms with Crippen LogP contribution in [-0.2, 0) is 6.54 Å². The van der Waals surface area contributed by atoms with Crippen molar-refractivity contribution < 1.29 is 4.74 Å². The minimum absolute atomic E-state index is 0.494. The van der Waals surface area contributed by atoms with E-state index in [1.54, 1.807) is 0 Å². The van der Waals surface area contributed by atoms with Gasteiger partial charge in [-0.05, 0) is 68.3 Å². The highest BCUT2D eigenvalue weighted by Gasteiger charge is 2.23. The van der Waals surface area contributed by atoms with E-state index in [1.165, 1.54) is 18.4 Å². The van der Waals surface area contributed by atoms with E-state index in [0.717, 1.165) is 33.8 Å². The first-order valence-electron chi connectivity index (χ1n) is 6.40. The minimum Gasteiger partial charge on any atom is -0.491 e. The predicted molar refractivity (Wildman–Crippen MR) is 82.0 cm³/mol. The molecule has 4 heteroatoms. The Labute approximate surface area is 126 Å². The average molecular weight is 377 g/mol. The van der Waals surface area contributed by atoms with Crippen LogP contribution in [0.1, 0.15) is 32.3 Å². The number of ether oxygens (including phenoxy) is 1. The molecule has 2 rings (SSSR count). The van der Waals surface area contributed by atoms with Gasteiger partial charge in [-0.3, -0.25) is 0 Å². The van der Waals surface area contributed by atoms with Crippen LogP contribution in [0.2, 0.25) is 0 Å². The third-order valence-corrected chi connectivity index (χ3v) is 4.11. The summed E-state index contributed by atoms with van der Waals surface area (Å²) in [4.78, 5) is 0. The molecule has 1 saturated carbocycles. The first-order chi connectivity index (χ1) is 8.56. The second-order valence-electron chi connectivity index (χ2n) is 5.18. The van der Waals surface area contributed by atoms with E-state index in [-0.39, 0.29) is 0 Å². The van der Waals surface area contributed by atoms with E-state index in [0.29, 0.717) is 6.04 Å². The van der Waals surface area contributed by atoms with Crippen molar-refractivity contribution in [3.8, 4) is 5.75 Å².